The van der Waals surface area contributed by atoms with E-state index in [1.165, 1.54) is 0 Å². The highest BCUT2D eigenvalue weighted by molar-refractivity contribution is 6.07. The van der Waals surface area contributed by atoms with Gasteiger partial charge in [-0.15, -0.1) is 0 Å². The van der Waals surface area contributed by atoms with E-state index in [0.29, 0.717) is 29.3 Å². The normalized spacial score (nSPS) is 19.0. The zero-order valence-corrected chi connectivity index (χ0v) is 24.2. The molecule has 1 aromatic heterocycles. The largest absolute Gasteiger partial charge is 0.369 e. The topological polar surface area (TPSA) is 83.4 Å². The maximum atomic E-state index is 13.4. The van der Waals surface area contributed by atoms with Crippen LogP contribution in [0.2, 0.25) is 0 Å². The summed E-state index contributed by atoms with van der Waals surface area (Å²) in [6.07, 6.45) is 1.87. The number of hydrogen-bond acceptors (Lipinski definition) is 4. The van der Waals surface area contributed by atoms with Crippen LogP contribution in [0.5, 0.6) is 0 Å². The van der Waals surface area contributed by atoms with Crippen molar-refractivity contribution in [1.29, 1.82) is 0 Å². The van der Waals surface area contributed by atoms with E-state index < -0.39 is 0 Å². The summed E-state index contributed by atoms with van der Waals surface area (Å²) >= 11 is 0. The molecule has 2 amide bonds. The monoisotopic (exact) mass is 540 g/mol. The van der Waals surface area contributed by atoms with Gasteiger partial charge in [-0.2, -0.15) is 0 Å². The van der Waals surface area contributed by atoms with E-state index in [2.05, 4.69) is 42.4 Å². The molecule has 2 aromatic carbocycles. The number of hydrogen-bond donors (Lipinski definition) is 2. The van der Waals surface area contributed by atoms with Crippen molar-refractivity contribution in [3.8, 4) is 0 Å². The number of aromatic nitrogens is 1. The third-order valence-electron chi connectivity index (χ3n) is 8.33. The highest BCUT2D eigenvalue weighted by Gasteiger charge is 2.35. The predicted molar refractivity (Wildman–Crippen MR) is 161 cm³/mol. The molecule has 40 heavy (non-hydrogen) atoms. The minimum Gasteiger partial charge on any atom is -0.369 e. The van der Waals surface area contributed by atoms with Crippen LogP contribution in [0.4, 0.5) is 11.4 Å². The number of carbonyl (C=O) groups excluding carboxylic acids is 2. The summed E-state index contributed by atoms with van der Waals surface area (Å²) in [5, 5.41) is 6.15. The molecule has 2 N–H and O–H groups in total. The van der Waals surface area contributed by atoms with Crippen molar-refractivity contribution in [1.82, 2.24) is 9.88 Å². The molecule has 0 radical (unpaired) electrons. The number of pyridine rings is 1. The Labute approximate surface area is 236 Å². The highest BCUT2D eigenvalue weighted by atomic mass is 16.2. The first-order valence-electron chi connectivity index (χ1n) is 14.3. The Balaban J connectivity index is 1.46. The van der Waals surface area contributed by atoms with E-state index in [9.17, 15) is 14.4 Å². The van der Waals surface area contributed by atoms with Gasteiger partial charge in [0.2, 0.25) is 0 Å². The molecule has 1 fully saturated rings. The Bertz CT molecular complexity index is 1470. The van der Waals surface area contributed by atoms with Gasteiger partial charge in [-0.05, 0) is 73.1 Å². The Kier molecular flexibility index (Phi) is 7.58. The average molecular weight is 541 g/mol. The lowest BCUT2D eigenvalue weighted by molar-refractivity contribution is 0.0938. The summed E-state index contributed by atoms with van der Waals surface area (Å²) in [6, 6.07) is 18.9. The fraction of sp³-hybridized carbons (Fsp3) is 0.424. The predicted octanol–water partition coefficient (Wildman–Crippen LogP) is 5.55. The molecule has 0 aliphatic carbocycles. The molecule has 0 saturated carbocycles. The Morgan fingerprint density at radius 2 is 1.68 bits per heavy atom. The summed E-state index contributed by atoms with van der Waals surface area (Å²) in [5.41, 5.74) is 4.87. The van der Waals surface area contributed by atoms with Crippen molar-refractivity contribution in [2.45, 2.75) is 71.4 Å². The summed E-state index contributed by atoms with van der Waals surface area (Å²) in [6.45, 7) is 12.7. The number of rotatable bonds is 6. The van der Waals surface area contributed by atoms with Crippen molar-refractivity contribution in [3.05, 3.63) is 93.4 Å². The number of piperidine rings is 1. The molecule has 210 valence electrons. The molecule has 5 rings (SSSR count). The fourth-order valence-corrected chi connectivity index (χ4v) is 5.87. The van der Waals surface area contributed by atoms with Gasteiger partial charge >= 0.3 is 0 Å². The van der Waals surface area contributed by atoms with Crippen LogP contribution >= 0.6 is 0 Å². The maximum absolute atomic E-state index is 13.4. The van der Waals surface area contributed by atoms with E-state index in [-0.39, 0.29) is 34.7 Å². The molecule has 2 aliphatic heterocycles. The molecule has 2 aliphatic rings. The quantitative estimate of drug-likeness (QED) is 0.429. The van der Waals surface area contributed by atoms with E-state index in [0.717, 1.165) is 42.9 Å². The first-order valence-corrected chi connectivity index (χ1v) is 14.3. The van der Waals surface area contributed by atoms with E-state index in [1.807, 2.05) is 60.9 Å². The Morgan fingerprint density at radius 3 is 2.38 bits per heavy atom. The molecular formula is C33H40N4O3. The molecular weight excluding hydrogens is 500 g/mol. The van der Waals surface area contributed by atoms with Gasteiger partial charge in [-0.25, -0.2) is 0 Å². The molecule has 3 heterocycles. The molecule has 1 saturated heterocycles. The van der Waals surface area contributed by atoms with Crippen LogP contribution in [0.15, 0.2) is 65.5 Å². The number of nitrogens with zero attached hydrogens (tertiary/aromatic N) is 2. The number of anilines is 2. The van der Waals surface area contributed by atoms with Crippen molar-refractivity contribution >= 4 is 23.2 Å². The van der Waals surface area contributed by atoms with Gasteiger partial charge in [0.05, 0.1) is 11.4 Å². The fourth-order valence-electron chi connectivity index (χ4n) is 5.87. The number of benzene rings is 2. The van der Waals surface area contributed by atoms with Crippen LogP contribution in [0.25, 0.3) is 0 Å². The number of carbonyl (C=O) groups is 2. The van der Waals surface area contributed by atoms with Gasteiger partial charge in [-0.1, -0.05) is 45.9 Å². The standard InChI is InChI=1S/C33H40N4O3/c1-6-21(2)34-32(40)24-12-15-29(27(17-24)35-31(39)23-10-13-26(14-11-23)33(3,4)5)36-18-22-16-25(20-36)28-8-7-9-30(38)37(28)19-22/h7-15,17,21-22,25H,6,16,18-20H2,1-5H3,(H,34,40)(H,35,39). The van der Waals surface area contributed by atoms with Crippen molar-refractivity contribution in [3.63, 3.8) is 0 Å². The third kappa shape index (κ3) is 5.69. The average Bonchev–Trinajstić information content (AvgIpc) is 2.93. The molecule has 3 aromatic rings. The molecule has 0 spiro atoms. The van der Waals surface area contributed by atoms with Crippen LogP contribution in [0.3, 0.4) is 0 Å². The summed E-state index contributed by atoms with van der Waals surface area (Å²) in [4.78, 5) is 41.2. The highest BCUT2D eigenvalue weighted by Crippen LogP contribution is 2.39. The minimum absolute atomic E-state index is 0.00439. The maximum Gasteiger partial charge on any atom is 0.255 e. The van der Waals surface area contributed by atoms with Gasteiger partial charge in [0.25, 0.3) is 17.4 Å². The summed E-state index contributed by atoms with van der Waals surface area (Å²) in [7, 11) is 0. The van der Waals surface area contributed by atoms with Crippen molar-refractivity contribution in [2.75, 3.05) is 23.3 Å². The van der Waals surface area contributed by atoms with E-state index in [1.54, 1.807) is 12.1 Å². The molecule has 3 unspecified atom stereocenters. The van der Waals surface area contributed by atoms with E-state index in [4.69, 9.17) is 0 Å². The second-order valence-electron chi connectivity index (χ2n) is 12.4. The SMILES string of the molecule is CCC(C)NC(=O)c1ccc(N2CC3CC(C2)c2cccc(=O)n2C3)c(NC(=O)c2ccc(C(C)(C)C)cc2)c1. The second kappa shape index (κ2) is 11.0. The first kappa shape index (κ1) is 27.7. The zero-order valence-electron chi connectivity index (χ0n) is 24.2. The molecule has 2 bridgehead atoms. The van der Waals surface area contributed by atoms with Gasteiger partial charge in [0.15, 0.2) is 0 Å². The lowest BCUT2D eigenvalue weighted by Gasteiger charge is -2.44. The molecule has 7 nitrogen and oxygen atoms in total. The van der Waals surface area contributed by atoms with Gasteiger partial charge in [0, 0.05) is 54.5 Å². The lowest BCUT2D eigenvalue weighted by atomic mass is 9.83. The van der Waals surface area contributed by atoms with Gasteiger partial charge in [0.1, 0.15) is 0 Å². The van der Waals surface area contributed by atoms with Gasteiger partial charge < -0.3 is 20.1 Å². The molecule has 3 atom stereocenters. The summed E-state index contributed by atoms with van der Waals surface area (Å²) < 4.78 is 1.92. The van der Waals surface area contributed by atoms with Crippen LogP contribution in [-0.4, -0.2) is 35.5 Å². The first-order chi connectivity index (χ1) is 19.0. The number of nitrogens with one attached hydrogen (secondary N) is 2. The third-order valence-corrected chi connectivity index (χ3v) is 8.33. The van der Waals surface area contributed by atoms with Crippen LogP contribution in [0.1, 0.15) is 85.4 Å². The zero-order chi connectivity index (χ0) is 28.6. The van der Waals surface area contributed by atoms with Crippen LogP contribution < -0.4 is 21.1 Å². The minimum atomic E-state index is -0.213. The van der Waals surface area contributed by atoms with Crippen molar-refractivity contribution < 1.29 is 9.59 Å². The van der Waals surface area contributed by atoms with Gasteiger partial charge in [-0.3, -0.25) is 14.4 Å². The van der Waals surface area contributed by atoms with Crippen LogP contribution in [-0.2, 0) is 12.0 Å². The Hall–Kier alpha value is -3.87. The second-order valence-corrected chi connectivity index (χ2v) is 12.4. The summed E-state index contributed by atoms with van der Waals surface area (Å²) in [5.74, 6) is 0.182. The number of amides is 2. The lowest BCUT2D eigenvalue weighted by Crippen LogP contribution is -2.47. The smallest absolute Gasteiger partial charge is 0.255 e. The van der Waals surface area contributed by atoms with Crippen LogP contribution in [0, 0.1) is 5.92 Å². The van der Waals surface area contributed by atoms with Crippen molar-refractivity contribution in [2.24, 2.45) is 5.92 Å². The molecule has 7 heteroatoms. The van der Waals surface area contributed by atoms with E-state index >= 15 is 0 Å². The Morgan fingerprint density at radius 1 is 0.950 bits per heavy atom. The number of fused-ring (bicyclic) bond motifs is 4.